The van der Waals surface area contributed by atoms with Crippen LogP contribution >= 0.6 is 0 Å². The number of ether oxygens (including phenoxy) is 1. The Balaban J connectivity index is 2.16. The number of hydrogen-bond donors (Lipinski definition) is 2. The Morgan fingerprint density at radius 2 is 2.04 bits per heavy atom. The predicted octanol–water partition coefficient (Wildman–Crippen LogP) is 2.53. The van der Waals surface area contributed by atoms with E-state index >= 15 is 0 Å². The van der Waals surface area contributed by atoms with Gasteiger partial charge in [-0.25, -0.2) is 4.79 Å². The molecule has 1 aromatic carbocycles. The van der Waals surface area contributed by atoms with E-state index in [0.29, 0.717) is 29.2 Å². The van der Waals surface area contributed by atoms with Crippen LogP contribution in [0.1, 0.15) is 20.8 Å². The fourth-order valence-corrected chi connectivity index (χ4v) is 1.90. The van der Waals surface area contributed by atoms with Gasteiger partial charge in [-0.3, -0.25) is 9.78 Å². The van der Waals surface area contributed by atoms with Gasteiger partial charge in [0, 0.05) is 24.1 Å². The number of nitrogens with one attached hydrogen (secondary N) is 2. The molecule has 0 spiro atoms. The summed E-state index contributed by atoms with van der Waals surface area (Å²) in [6.45, 7) is 3.92. The fourth-order valence-electron chi connectivity index (χ4n) is 1.90. The Morgan fingerprint density at radius 1 is 1.26 bits per heavy atom. The van der Waals surface area contributed by atoms with Crippen molar-refractivity contribution < 1.29 is 14.3 Å². The highest BCUT2D eigenvalue weighted by Crippen LogP contribution is 2.18. The molecule has 23 heavy (non-hydrogen) atoms. The van der Waals surface area contributed by atoms with E-state index in [9.17, 15) is 9.59 Å². The van der Waals surface area contributed by atoms with Gasteiger partial charge in [-0.2, -0.15) is 0 Å². The van der Waals surface area contributed by atoms with Crippen LogP contribution in [0, 0.1) is 0 Å². The van der Waals surface area contributed by atoms with Crippen molar-refractivity contribution in [1.82, 2.24) is 10.3 Å². The van der Waals surface area contributed by atoms with Crippen LogP contribution in [0.2, 0.25) is 0 Å². The van der Waals surface area contributed by atoms with Crippen molar-refractivity contribution in [3.05, 3.63) is 66.5 Å². The molecular weight excluding hydrogens is 294 g/mol. The zero-order valence-corrected chi connectivity index (χ0v) is 12.7. The van der Waals surface area contributed by atoms with Crippen molar-refractivity contribution in [2.24, 2.45) is 0 Å². The molecular formula is C17H17N3O3. The predicted molar refractivity (Wildman–Crippen MR) is 87.8 cm³/mol. The van der Waals surface area contributed by atoms with Gasteiger partial charge in [0.1, 0.15) is 5.69 Å². The van der Waals surface area contributed by atoms with Crippen LogP contribution in [0.15, 0.2) is 55.3 Å². The monoisotopic (exact) mass is 311 g/mol. The normalized spacial score (nSPS) is 9.78. The van der Waals surface area contributed by atoms with E-state index in [1.54, 1.807) is 36.4 Å². The third kappa shape index (κ3) is 4.41. The second-order valence-corrected chi connectivity index (χ2v) is 4.63. The van der Waals surface area contributed by atoms with E-state index in [-0.39, 0.29) is 5.91 Å². The SMILES string of the molecule is C=CCNC(=O)c1cc(Nc2cccc(C(=O)OC)c2)ccn1. The summed E-state index contributed by atoms with van der Waals surface area (Å²) in [4.78, 5) is 27.5. The molecule has 6 nitrogen and oxygen atoms in total. The number of aromatic nitrogens is 1. The van der Waals surface area contributed by atoms with Gasteiger partial charge in [-0.05, 0) is 30.3 Å². The molecule has 0 fully saturated rings. The van der Waals surface area contributed by atoms with Gasteiger partial charge in [0.2, 0.25) is 0 Å². The molecule has 0 bridgehead atoms. The molecule has 1 amide bonds. The third-order valence-electron chi connectivity index (χ3n) is 2.97. The Hall–Kier alpha value is -3.15. The smallest absolute Gasteiger partial charge is 0.337 e. The molecule has 1 heterocycles. The Morgan fingerprint density at radius 3 is 2.78 bits per heavy atom. The fraction of sp³-hybridized carbons (Fsp3) is 0.118. The maximum absolute atomic E-state index is 11.9. The number of benzene rings is 1. The first-order valence-corrected chi connectivity index (χ1v) is 6.94. The van der Waals surface area contributed by atoms with Crippen LogP contribution < -0.4 is 10.6 Å². The summed E-state index contributed by atoms with van der Waals surface area (Å²) in [6, 6.07) is 10.2. The van der Waals surface area contributed by atoms with Crippen LogP contribution in [0.5, 0.6) is 0 Å². The number of rotatable bonds is 6. The zero-order valence-electron chi connectivity index (χ0n) is 12.7. The van der Waals surface area contributed by atoms with Crippen LogP contribution in [0.25, 0.3) is 0 Å². The third-order valence-corrected chi connectivity index (χ3v) is 2.97. The van der Waals surface area contributed by atoms with Crippen LogP contribution in [-0.4, -0.2) is 30.5 Å². The van der Waals surface area contributed by atoms with Crippen LogP contribution in [0.3, 0.4) is 0 Å². The first-order chi connectivity index (χ1) is 11.1. The van der Waals surface area contributed by atoms with E-state index in [4.69, 9.17) is 4.74 Å². The average Bonchev–Trinajstić information content (AvgIpc) is 2.59. The highest BCUT2D eigenvalue weighted by Gasteiger charge is 2.08. The minimum absolute atomic E-state index is 0.281. The topological polar surface area (TPSA) is 80.3 Å². The summed E-state index contributed by atoms with van der Waals surface area (Å²) in [5.41, 5.74) is 2.12. The van der Waals surface area contributed by atoms with E-state index in [1.165, 1.54) is 13.3 Å². The molecule has 2 N–H and O–H groups in total. The molecule has 0 aliphatic heterocycles. The van der Waals surface area contributed by atoms with Gasteiger partial charge in [0.05, 0.1) is 12.7 Å². The number of carbonyl (C=O) groups excluding carboxylic acids is 2. The first-order valence-electron chi connectivity index (χ1n) is 6.94. The maximum Gasteiger partial charge on any atom is 0.337 e. The second-order valence-electron chi connectivity index (χ2n) is 4.63. The number of pyridine rings is 1. The summed E-state index contributed by atoms with van der Waals surface area (Å²) in [7, 11) is 1.33. The highest BCUT2D eigenvalue weighted by molar-refractivity contribution is 5.93. The number of nitrogens with zero attached hydrogens (tertiary/aromatic N) is 1. The molecule has 2 rings (SSSR count). The van der Waals surface area contributed by atoms with Crippen molar-refractivity contribution >= 4 is 23.3 Å². The van der Waals surface area contributed by atoms with Crippen molar-refractivity contribution in [1.29, 1.82) is 0 Å². The van der Waals surface area contributed by atoms with Crippen molar-refractivity contribution in [3.8, 4) is 0 Å². The van der Waals surface area contributed by atoms with Gasteiger partial charge in [0.25, 0.3) is 5.91 Å². The van der Waals surface area contributed by atoms with Gasteiger partial charge >= 0.3 is 5.97 Å². The molecule has 6 heteroatoms. The molecule has 0 aliphatic carbocycles. The second kappa shape index (κ2) is 7.74. The summed E-state index contributed by atoms with van der Waals surface area (Å²) in [5.74, 6) is -0.690. The van der Waals surface area contributed by atoms with Gasteiger partial charge in [0.15, 0.2) is 0 Å². The molecule has 0 radical (unpaired) electrons. The van der Waals surface area contributed by atoms with Gasteiger partial charge < -0.3 is 15.4 Å². The lowest BCUT2D eigenvalue weighted by atomic mass is 10.2. The number of hydrogen-bond acceptors (Lipinski definition) is 5. The van der Waals surface area contributed by atoms with Gasteiger partial charge in [-0.15, -0.1) is 6.58 Å². The van der Waals surface area contributed by atoms with E-state index in [1.807, 2.05) is 6.07 Å². The quantitative estimate of drug-likeness (QED) is 0.633. The van der Waals surface area contributed by atoms with Crippen molar-refractivity contribution in [3.63, 3.8) is 0 Å². The summed E-state index contributed by atoms with van der Waals surface area (Å²) >= 11 is 0. The lowest BCUT2D eigenvalue weighted by molar-refractivity contribution is 0.0600. The minimum atomic E-state index is -0.409. The van der Waals surface area contributed by atoms with Crippen LogP contribution in [0.4, 0.5) is 11.4 Å². The number of esters is 1. The Labute approximate surface area is 134 Å². The molecule has 118 valence electrons. The number of anilines is 2. The average molecular weight is 311 g/mol. The molecule has 0 saturated carbocycles. The van der Waals surface area contributed by atoms with Gasteiger partial charge in [-0.1, -0.05) is 12.1 Å². The van der Waals surface area contributed by atoms with E-state index in [2.05, 4.69) is 22.2 Å². The van der Waals surface area contributed by atoms with E-state index in [0.717, 1.165) is 0 Å². The lowest BCUT2D eigenvalue weighted by Gasteiger charge is -2.09. The highest BCUT2D eigenvalue weighted by atomic mass is 16.5. The number of amides is 1. The maximum atomic E-state index is 11.9. The minimum Gasteiger partial charge on any atom is -0.465 e. The Bertz CT molecular complexity index is 729. The first kappa shape index (κ1) is 16.2. The summed E-state index contributed by atoms with van der Waals surface area (Å²) in [6.07, 6.45) is 3.13. The number of carbonyl (C=O) groups is 2. The molecule has 0 unspecified atom stereocenters. The number of methoxy groups -OCH3 is 1. The lowest BCUT2D eigenvalue weighted by Crippen LogP contribution is -2.24. The zero-order chi connectivity index (χ0) is 16.7. The molecule has 0 atom stereocenters. The molecule has 1 aromatic heterocycles. The Kier molecular flexibility index (Phi) is 5.46. The molecule has 0 saturated heterocycles. The van der Waals surface area contributed by atoms with Crippen LogP contribution in [-0.2, 0) is 4.74 Å². The molecule has 0 aliphatic rings. The van der Waals surface area contributed by atoms with E-state index < -0.39 is 5.97 Å². The van der Waals surface area contributed by atoms with Crippen molar-refractivity contribution in [2.75, 3.05) is 19.0 Å². The standard InChI is InChI=1S/C17H17N3O3/c1-3-8-19-16(21)15-11-14(7-9-18-15)20-13-6-4-5-12(10-13)17(22)23-2/h3-7,9-11H,1,8H2,2H3,(H,18,20)(H,19,21). The van der Waals surface area contributed by atoms with Crippen molar-refractivity contribution in [2.45, 2.75) is 0 Å². The molecule has 2 aromatic rings. The summed E-state index contributed by atoms with van der Waals surface area (Å²) in [5, 5.41) is 5.79. The largest absolute Gasteiger partial charge is 0.465 e. The summed E-state index contributed by atoms with van der Waals surface area (Å²) < 4.78 is 4.69.